The van der Waals surface area contributed by atoms with Gasteiger partial charge in [-0.1, -0.05) is 23.7 Å². The number of carbonyl (C=O) groups is 1. The average Bonchev–Trinajstić information content (AvgIpc) is 2.85. The van der Waals surface area contributed by atoms with Crippen LogP contribution in [-0.2, 0) is 16.1 Å². The normalized spacial score (nSPS) is 21.1. The molecule has 2 aromatic carbocycles. The highest BCUT2D eigenvalue weighted by atomic mass is 35.5. The molecule has 10 heteroatoms. The fourth-order valence-electron chi connectivity index (χ4n) is 5.05. The lowest BCUT2D eigenvalue weighted by atomic mass is 9.77. The maximum Gasteiger partial charge on any atom is 0.573 e. The average molecular weight is 541 g/mol. The number of benzene rings is 2. The molecule has 1 atom stereocenters. The van der Waals surface area contributed by atoms with Crippen LogP contribution in [0.1, 0.15) is 30.4 Å². The second-order valence-electron chi connectivity index (χ2n) is 9.88. The molecule has 4 rings (SSSR count). The summed E-state index contributed by atoms with van der Waals surface area (Å²) in [7, 11) is 0. The minimum atomic E-state index is -4.74. The first-order valence-corrected chi connectivity index (χ1v) is 12.8. The third kappa shape index (κ3) is 7.99. The first-order valence-electron chi connectivity index (χ1n) is 12.4. The zero-order valence-corrected chi connectivity index (χ0v) is 21.6. The summed E-state index contributed by atoms with van der Waals surface area (Å²) in [5.41, 5.74) is 1.18. The smallest absolute Gasteiger partial charge is 0.493 e. The van der Waals surface area contributed by atoms with Gasteiger partial charge in [-0.2, -0.15) is 0 Å². The molecule has 0 radical (unpaired) electrons. The summed E-state index contributed by atoms with van der Waals surface area (Å²) < 4.78 is 53.8. The Morgan fingerprint density at radius 3 is 2.62 bits per heavy atom. The maximum absolute atomic E-state index is 13.3. The van der Waals surface area contributed by atoms with Crippen molar-refractivity contribution in [1.82, 2.24) is 9.80 Å². The van der Waals surface area contributed by atoms with Gasteiger partial charge in [0.15, 0.2) is 0 Å². The lowest BCUT2D eigenvalue weighted by Gasteiger charge is -2.43. The number of amides is 1. The van der Waals surface area contributed by atoms with E-state index in [2.05, 4.69) is 9.64 Å². The SMILES string of the molecule is Cc1cc(OCC2(CC(=O)N3CCOCC3)CCCN(Cc3cccc(OC(F)(F)F)c3)C2)ccc1Cl. The number of morpholine rings is 1. The van der Waals surface area contributed by atoms with Crippen LogP contribution in [0.4, 0.5) is 13.2 Å². The van der Waals surface area contributed by atoms with Gasteiger partial charge in [0.1, 0.15) is 11.5 Å². The predicted molar refractivity (Wildman–Crippen MR) is 134 cm³/mol. The molecule has 0 spiro atoms. The van der Waals surface area contributed by atoms with E-state index < -0.39 is 11.8 Å². The minimum Gasteiger partial charge on any atom is -0.493 e. The van der Waals surface area contributed by atoms with Crippen LogP contribution in [0.15, 0.2) is 42.5 Å². The maximum atomic E-state index is 13.3. The highest BCUT2D eigenvalue weighted by Crippen LogP contribution is 2.36. The quantitative estimate of drug-likeness (QED) is 0.445. The Hall–Kier alpha value is -2.49. The van der Waals surface area contributed by atoms with E-state index in [1.165, 1.54) is 12.1 Å². The molecule has 0 aliphatic carbocycles. The molecule has 0 bridgehead atoms. The number of alkyl halides is 3. The molecule has 202 valence electrons. The van der Waals surface area contributed by atoms with E-state index in [-0.39, 0.29) is 11.7 Å². The van der Waals surface area contributed by atoms with Crippen LogP contribution in [-0.4, -0.2) is 68.1 Å². The largest absolute Gasteiger partial charge is 0.573 e. The summed E-state index contributed by atoms with van der Waals surface area (Å²) in [5.74, 6) is 0.521. The van der Waals surface area contributed by atoms with E-state index in [9.17, 15) is 18.0 Å². The number of ether oxygens (including phenoxy) is 3. The number of hydrogen-bond donors (Lipinski definition) is 0. The third-order valence-electron chi connectivity index (χ3n) is 6.84. The summed E-state index contributed by atoms with van der Waals surface area (Å²) in [6, 6.07) is 11.5. The van der Waals surface area contributed by atoms with Gasteiger partial charge in [0, 0.05) is 43.0 Å². The molecule has 0 saturated carbocycles. The van der Waals surface area contributed by atoms with Crippen LogP contribution in [0.25, 0.3) is 0 Å². The van der Waals surface area contributed by atoms with Gasteiger partial charge in [-0.25, -0.2) is 0 Å². The second-order valence-corrected chi connectivity index (χ2v) is 10.3. The van der Waals surface area contributed by atoms with Crippen LogP contribution < -0.4 is 9.47 Å². The van der Waals surface area contributed by atoms with Crippen molar-refractivity contribution in [2.75, 3.05) is 46.0 Å². The molecule has 37 heavy (non-hydrogen) atoms. The molecule has 0 aromatic heterocycles. The van der Waals surface area contributed by atoms with E-state index in [4.69, 9.17) is 21.1 Å². The van der Waals surface area contributed by atoms with E-state index in [0.29, 0.717) is 68.8 Å². The first kappa shape index (κ1) is 27.5. The number of aryl methyl sites for hydroxylation is 1. The van der Waals surface area contributed by atoms with E-state index in [1.54, 1.807) is 18.2 Å². The second kappa shape index (κ2) is 11.9. The number of carbonyl (C=O) groups excluding carboxylic acids is 1. The number of hydrogen-bond acceptors (Lipinski definition) is 5. The molecule has 2 fully saturated rings. The van der Waals surface area contributed by atoms with Crippen molar-refractivity contribution in [1.29, 1.82) is 0 Å². The van der Waals surface area contributed by atoms with Crippen molar-refractivity contribution in [2.45, 2.75) is 39.1 Å². The highest BCUT2D eigenvalue weighted by Gasteiger charge is 2.40. The Kier molecular flexibility index (Phi) is 8.87. The van der Waals surface area contributed by atoms with Crippen LogP contribution in [0, 0.1) is 12.3 Å². The minimum absolute atomic E-state index is 0.0709. The molecule has 2 aliphatic rings. The number of rotatable bonds is 8. The third-order valence-corrected chi connectivity index (χ3v) is 7.27. The number of halogens is 4. The van der Waals surface area contributed by atoms with Gasteiger partial charge in [-0.3, -0.25) is 9.69 Å². The number of piperidine rings is 1. The van der Waals surface area contributed by atoms with Crippen LogP contribution in [0.5, 0.6) is 11.5 Å². The lowest BCUT2D eigenvalue weighted by molar-refractivity contribution is -0.274. The van der Waals surface area contributed by atoms with Crippen LogP contribution >= 0.6 is 11.6 Å². The topological polar surface area (TPSA) is 51.2 Å². The summed E-state index contributed by atoms with van der Waals surface area (Å²) in [6.45, 7) is 6.26. The zero-order chi connectivity index (χ0) is 26.5. The molecule has 1 amide bonds. The van der Waals surface area contributed by atoms with Gasteiger partial charge in [0.25, 0.3) is 0 Å². The molecule has 2 aromatic rings. The number of likely N-dealkylation sites (tertiary alicyclic amines) is 1. The monoisotopic (exact) mass is 540 g/mol. The summed E-state index contributed by atoms with van der Waals surface area (Å²) in [6.07, 6.45) is -2.76. The van der Waals surface area contributed by atoms with Gasteiger partial charge < -0.3 is 19.1 Å². The van der Waals surface area contributed by atoms with Gasteiger partial charge in [-0.15, -0.1) is 13.2 Å². The van der Waals surface area contributed by atoms with Gasteiger partial charge >= 0.3 is 6.36 Å². The van der Waals surface area contributed by atoms with Crippen molar-refractivity contribution in [3.63, 3.8) is 0 Å². The Labute approximate surface area is 220 Å². The Bertz CT molecular complexity index is 1080. The molecule has 1 unspecified atom stereocenters. The fraction of sp³-hybridized carbons (Fsp3) is 0.519. The highest BCUT2D eigenvalue weighted by molar-refractivity contribution is 6.31. The van der Waals surface area contributed by atoms with Gasteiger partial charge in [0.05, 0.1) is 19.8 Å². The van der Waals surface area contributed by atoms with Crippen molar-refractivity contribution >= 4 is 17.5 Å². The Morgan fingerprint density at radius 1 is 1.11 bits per heavy atom. The molecule has 2 aliphatic heterocycles. The van der Waals surface area contributed by atoms with Crippen molar-refractivity contribution < 1.29 is 32.2 Å². The van der Waals surface area contributed by atoms with Crippen molar-refractivity contribution in [2.24, 2.45) is 5.41 Å². The van der Waals surface area contributed by atoms with Crippen LogP contribution in [0.2, 0.25) is 5.02 Å². The van der Waals surface area contributed by atoms with Crippen LogP contribution in [0.3, 0.4) is 0 Å². The predicted octanol–water partition coefficient (Wildman–Crippen LogP) is 5.46. The zero-order valence-electron chi connectivity index (χ0n) is 20.9. The molecule has 2 saturated heterocycles. The van der Waals surface area contributed by atoms with E-state index in [0.717, 1.165) is 24.9 Å². The number of nitrogens with zero attached hydrogens (tertiary/aromatic N) is 2. The molecular weight excluding hydrogens is 509 g/mol. The molecule has 6 nitrogen and oxygen atoms in total. The van der Waals surface area contributed by atoms with E-state index >= 15 is 0 Å². The first-order chi connectivity index (χ1) is 17.6. The summed E-state index contributed by atoms with van der Waals surface area (Å²) >= 11 is 6.16. The van der Waals surface area contributed by atoms with E-state index in [1.807, 2.05) is 24.0 Å². The standard InChI is InChI=1S/C27H32ClF3N2O4/c1-20-14-22(6-7-24(20)28)36-19-26(16-25(34)33-10-12-35-13-11-33)8-3-9-32(18-26)17-21-4-2-5-23(15-21)37-27(29,30)31/h2,4-7,14-15H,3,8-13,16-19H2,1H3. The lowest BCUT2D eigenvalue weighted by Crippen LogP contribution is -2.50. The molecule has 0 N–H and O–H groups in total. The Balaban J connectivity index is 1.49. The van der Waals surface area contributed by atoms with Gasteiger partial charge in [-0.05, 0) is 67.8 Å². The summed E-state index contributed by atoms with van der Waals surface area (Å²) in [4.78, 5) is 17.3. The molecule has 2 heterocycles. The summed E-state index contributed by atoms with van der Waals surface area (Å²) in [5, 5.41) is 0.658. The Morgan fingerprint density at radius 2 is 1.89 bits per heavy atom. The van der Waals surface area contributed by atoms with Crippen molar-refractivity contribution in [3.05, 3.63) is 58.6 Å². The molecular formula is C27H32ClF3N2O4. The van der Waals surface area contributed by atoms with Gasteiger partial charge in [0.2, 0.25) is 5.91 Å². The fourth-order valence-corrected chi connectivity index (χ4v) is 5.16. The van der Waals surface area contributed by atoms with Crippen molar-refractivity contribution in [3.8, 4) is 11.5 Å².